The van der Waals surface area contributed by atoms with Gasteiger partial charge in [0.15, 0.2) is 8.32 Å². The zero-order valence-electron chi connectivity index (χ0n) is 27.5. The molecule has 10 heteroatoms. The minimum atomic E-state index is -1.92. The fraction of sp³-hybridized carbons (Fsp3) is 0.543. The average molecular weight is 642 g/mol. The Morgan fingerprint density at radius 2 is 1.69 bits per heavy atom. The molecule has 2 fully saturated rings. The lowest BCUT2D eigenvalue weighted by Gasteiger charge is -2.48. The van der Waals surface area contributed by atoms with Gasteiger partial charge in [-0.3, -0.25) is 4.98 Å². The van der Waals surface area contributed by atoms with Crippen molar-refractivity contribution < 1.29 is 27.4 Å². The summed E-state index contributed by atoms with van der Waals surface area (Å²) in [5, 5.41) is 10.9. The van der Waals surface area contributed by atoms with Crippen LogP contribution in [0.25, 0.3) is 11.3 Å². The van der Waals surface area contributed by atoms with E-state index in [2.05, 4.69) is 62.6 Å². The summed E-state index contributed by atoms with van der Waals surface area (Å²) in [4.78, 5) is 11.1. The molecule has 5 rings (SSSR count). The number of benzene rings is 1. The van der Waals surface area contributed by atoms with Crippen LogP contribution in [0.3, 0.4) is 0 Å². The van der Waals surface area contributed by atoms with Gasteiger partial charge in [0, 0.05) is 49.9 Å². The molecule has 4 atom stereocenters. The van der Waals surface area contributed by atoms with Crippen molar-refractivity contribution in [3.8, 4) is 11.3 Å². The van der Waals surface area contributed by atoms with Crippen LogP contribution in [0.15, 0.2) is 42.7 Å². The summed E-state index contributed by atoms with van der Waals surface area (Å²) in [5.41, 5.74) is 0.294. The zero-order chi connectivity index (χ0) is 32.7. The second-order valence-corrected chi connectivity index (χ2v) is 19.2. The fourth-order valence-corrected chi connectivity index (χ4v) is 7.81. The molecule has 2 aromatic heterocycles. The standard InChI is InChI=1S/C35H46F3N3O3Si/c1-22-19-41(20-23(2)33(22)44-45(6,7)34(3,4)5)30-12-14-39-18-24(30)8-9-26-10-11-27(36)32(40-26)31-28(37)16-25(17-29(31)38)35(42)13-15-43-21-35/h10-12,14,16-18,22-23,33,42H,8-9,13,15,19-21H2,1-7H3/t22-,23+,33?,35?. The SMILES string of the molecule is C[C@@H]1CN(c2ccncc2CCc2ccc(F)c(-c3c(F)cc(C4(O)CCOC4)cc3F)n2)C[C@H](C)C1O[Si](C)(C)C(C)(C)C. The summed E-state index contributed by atoms with van der Waals surface area (Å²) in [6.07, 6.45) is 5.07. The van der Waals surface area contributed by atoms with Gasteiger partial charge in [0.05, 0.1) is 18.3 Å². The van der Waals surface area contributed by atoms with Crippen molar-refractivity contribution in [2.24, 2.45) is 11.8 Å². The molecule has 2 unspecified atom stereocenters. The summed E-state index contributed by atoms with van der Waals surface area (Å²) in [5.74, 6) is -2.10. The monoisotopic (exact) mass is 641 g/mol. The highest BCUT2D eigenvalue weighted by Gasteiger charge is 2.43. The fourth-order valence-electron chi connectivity index (χ4n) is 6.32. The van der Waals surface area contributed by atoms with Crippen molar-refractivity contribution in [1.82, 2.24) is 9.97 Å². The van der Waals surface area contributed by atoms with Gasteiger partial charge in [-0.1, -0.05) is 34.6 Å². The van der Waals surface area contributed by atoms with Crippen molar-refractivity contribution in [1.29, 1.82) is 0 Å². The van der Waals surface area contributed by atoms with E-state index in [-0.39, 0.29) is 35.4 Å². The predicted octanol–water partition coefficient (Wildman–Crippen LogP) is 7.44. The number of pyridine rings is 2. The largest absolute Gasteiger partial charge is 0.413 e. The lowest BCUT2D eigenvalue weighted by Crippen LogP contribution is -2.54. The Labute approximate surface area is 266 Å². The van der Waals surface area contributed by atoms with Gasteiger partial charge < -0.3 is 19.2 Å². The Morgan fingerprint density at radius 3 is 2.29 bits per heavy atom. The lowest BCUT2D eigenvalue weighted by atomic mass is 9.87. The highest BCUT2D eigenvalue weighted by molar-refractivity contribution is 6.74. The highest BCUT2D eigenvalue weighted by Crippen LogP contribution is 2.41. The first-order valence-corrected chi connectivity index (χ1v) is 18.8. The molecule has 0 bridgehead atoms. The van der Waals surface area contributed by atoms with E-state index < -0.39 is 36.9 Å². The molecule has 0 spiro atoms. The second kappa shape index (κ2) is 12.8. The van der Waals surface area contributed by atoms with Gasteiger partial charge >= 0.3 is 0 Å². The van der Waals surface area contributed by atoms with Crippen LogP contribution in [0.5, 0.6) is 0 Å². The molecule has 1 aromatic carbocycles. The minimum absolute atomic E-state index is 0.0514. The summed E-state index contributed by atoms with van der Waals surface area (Å²) in [6.45, 7) is 17.9. The van der Waals surface area contributed by atoms with Crippen molar-refractivity contribution in [3.05, 3.63) is 77.0 Å². The van der Waals surface area contributed by atoms with Gasteiger partial charge in [0.25, 0.3) is 0 Å². The Kier molecular flexibility index (Phi) is 9.53. The third kappa shape index (κ3) is 6.99. The predicted molar refractivity (Wildman–Crippen MR) is 173 cm³/mol. The molecular formula is C35H46F3N3O3Si. The molecule has 2 aliphatic rings. The maximum absolute atomic E-state index is 15.3. The van der Waals surface area contributed by atoms with E-state index in [4.69, 9.17) is 9.16 Å². The Morgan fingerprint density at radius 1 is 1.02 bits per heavy atom. The first-order valence-electron chi connectivity index (χ1n) is 15.9. The second-order valence-electron chi connectivity index (χ2n) is 14.5. The number of aromatic nitrogens is 2. The van der Waals surface area contributed by atoms with Crippen LogP contribution in [0.2, 0.25) is 18.1 Å². The number of anilines is 1. The van der Waals surface area contributed by atoms with Gasteiger partial charge in [0.1, 0.15) is 28.7 Å². The topological polar surface area (TPSA) is 67.7 Å². The average Bonchev–Trinajstić information content (AvgIpc) is 3.42. The van der Waals surface area contributed by atoms with Crippen LogP contribution in [0.4, 0.5) is 18.9 Å². The van der Waals surface area contributed by atoms with Crippen molar-refractivity contribution in [2.75, 3.05) is 31.2 Å². The Bertz CT molecular complexity index is 1490. The number of ether oxygens (including phenoxy) is 1. The number of halogens is 3. The van der Waals surface area contributed by atoms with E-state index >= 15 is 8.78 Å². The van der Waals surface area contributed by atoms with E-state index in [0.29, 0.717) is 37.0 Å². The van der Waals surface area contributed by atoms with E-state index in [9.17, 15) is 9.50 Å². The summed E-state index contributed by atoms with van der Waals surface area (Å²) < 4.78 is 57.6. The molecule has 1 N–H and O–H groups in total. The molecule has 244 valence electrons. The van der Waals surface area contributed by atoms with Gasteiger partial charge in [0.2, 0.25) is 0 Å². The third-order valence-corrected chi connectivity index (χ3v) is 14.4. The van der Waals surface area contributed by atoms with Crippen LogP contribution >= 0.6 is 0 Å². The first kappa shape index (κ1) is 33.6. The summed E-state index contributed by atoms with van der Waals surface area (Å²) in [7, 11) is -1.92. The highest BCUT2D eigenvalue weighted by atomic mass is 28.4. The van der Waals surface area contributed by atoms with Gasteiger partial charge in [-0.05, 0) is 84.3 Å². The van der Waals surface area contributed by atoms with Crippen LogP contribution in [-0.4, -0.2) is 55.8 Å². The maximum atomic E-state index is 15.3. The molecule has 45 heavy (non-hydrogen) atoms. The molecule has 2 aliphatic heterocycles. The molecule has 4 heterocycles. The molecular weight excluding hydrogens is 595 g/mol. The normalized spacial score (nSPS) is 24.3. The Balaban J connectivity index is 1.33. The molecule has 0 radical (unpaired) electrons. The molecule has 0 amide bonds. The number of piperidine rings is 1. The molecule has 0 saturated carbocycles. The Hall–Kier alpha value is -2.79. The number of hydrogen-bond acceptors (Lipinski definition) is 6. The summed E-state index contributed by atoms with van der Waals surface area (Å²) >= 11 is 0. The van der Waals surface area contributed by atoms with Gasteiger partial charge in [-0.25, -0.2) is 18.2 Å². The third-order valence-electron chi connectivity index (χ3n) is 9.97. The zero-order valence-corrected chi connectivity index (χ0v) is 28.5. The van der Waals surface area contributed by atoms with Crippen molar-refractivity contribution in [2.45, 2.75) is 83.7 Å². The summed E-state index contributed by atoms with van der Waals surface area (Å²) in [6, 6.07) is 6.87. The molecule has 2 saturated heterocycles. The van der Waals surface area contributed by atoms with Crippen LogP contribution < -0.4 is 4.90 Å². The molecule has 3 aromatic rings. The first-order chi connectivity index (χ1) is 21.1. The molecule has 6 nitrogen and oxygen atoms in total. The van der Waals surface area contributed by atoms with Crippen LogP contribution in [0, 0.1) is 29.3 Å². The van der Waals surface area contributed by atoms with Crippen molar-refractivity contribution in [3.63, 3.8) is 0 Å². The number of hydrogen-bond donors (Lipinski definition) is 1. The van der Waals surface area contributed by atoms with E-state index in [1.165, 1.54) is 6.07 Å². The quantitative estimate of drug-likeness (QED) is 0.258. The van der Waals surface area contributed by atoms with Gasteiger partial charge in [-0.15, -0.1) is 0 Å². The number of aliphatic hydroxyl groups is 1. The smallest absolute Gasteiger partial charge is 0.192 e. The number of nitrogens with zero attached hydrogens (tertiary/aromatic N) is 3. The van der Waals surface area contributed by atoms with E-state index in [1.807, 2.05) is 12.3 Å². The molecule has 0 aliphatic carbocycles. The van der Waals surface area contributed by atoms with Crippen LogP contribution in [-0.2, 0) is 27.6 Å². The number of aryl methyl sites for hydroxylation is 2. The number of rotatable bonds is 8. The van der Waals surface area contributed by atoms with Crippen molar-refractivity contribution >= 4 is 14.0 Å². The minimum Gasteiger partial charge on any atom is -0.413 e. The van der Waals surface area contributed by atoms with E-state index in [0.717, 1.165) is 36.5 Å². The van der Waals surface area contributed by atoms with E-state index in [1.54, 1.807) is 12.3 Å². The lowest BCUT2D eigenvalue weighted by molar-refractivity contribution is 0.0227. The van der Waals surface area contributed by atoms with Crippen LogP contribution in [0.1, 0.15) is 57.9 Å². The van der Waals surface area contributed by atoms with Gasteiger partial charge in [-0.2, -0.15) is 0 Å². The maximum Gasteiger partial charge on any atom is 0.192 e.